The molecule has 3 aromatic rings. The third-order valence-electron chi connectivity index (χ3n) is 5.99. The second-order valence-electron chi connectivity index (χ2n) is 8.00. The number of carbonyl (C=O) groups excluding carboxylic acids is 2. The number of benzene rings is 2. The third kappa shape index (κ3) is 3.32. The second-order valence-corrected chi connectivity index (χ2v) is 8.00. The quantitative estimate of drug-likeness (QED) is 0.660. The van der Waals surface area contributed by atoms with Crippen molar-refractivity contribution in [2.75, 3.05) is 16.3 Å². The van der Waals surface area contributed by atoms with E-state index in [1.54, 1.807) is 9.80 Å². The van der Waals surface area contributed by atoms with Gasteiger partial charge in [0.1, 0.15) is 12.2 Å². The Balaban J connectivity index is 1.41. The van der Waals surface area contributed by atoms with Crippen molar-refractivity contribution in [2.24, 2.45) is 0 Å². The van der Waals surface area contributed by atoms with Gasteiger partial charge in [0, 0.05) is 30.0 Å². The molecular formula is C24H22N4O3. The van der Waals surface area contributed by atoms with Crippen LogP contribution in [0.3, 0.4) is 0 Å². The summed E-state index contributed by atoms with van der Waals surface area (Å²) < 4.78 is 1.09. The zero-order chi connectivity index (χ0) is 21.5. The van der Waals surface area contributed by atoms with E-state index < -0.39 is 5.56 Å². The first-order valence-corrected chi connectivity index (χ1v) is 10.4. The monoisotopic (exact) mass is 414 g/mol. The maximum Gasteiger partial charge on any atom is 0.278 e. The molecule has 0 saturated heterocycles. The van der Waals surface area contributed by atoms with Crippen molar-refractivity contribution in [3.63, 3.8) is 0 Å². The Labute approximate surface area is 179 Å². The van der Waals surface area contributed by atoms with Gasteiger partial charge in [-0.25, -0.2) is 4.68 Å². The smallest absolute Gasteiger partial charge is 0.278 e. The van der Waals surface area contributed by atoms with Gasteiger partial charge in [0.25, 0.3) is 11.5 Å². The average molecular weight is 414 g/mol. The molecule has 5 rings (SSSR count). The maximum atomic E-state index is 13.2. The molecule has 156 valence electrons. The molecule has 1 atom stereocenters. The van der Waals surface area contributed by atoms with Gasteiger partial charge >= 0.3 is 0 Å². The van der Waals surface area contributed by atoms with E-state index in [4.69, 9.17) is 0 Å². The Kier molecular flexibility index (Phi) is 4.66. The van der Waals surface area contributed by atoms with E-state index in [1.807, 2.05) is 55.5 Å². The summed E-state index contributed by atoms with van der Waals surface area (Å²) in [5.74, 6) is -0.491. The predicted octanol–water partition coefficient (Wildman–Crippen LogP) is 2.42. The number of amides is 2. The highest BCUT2D eigenvalue weighted by atomic mass is 16.2. The van der Waals surface area contributed by atoms with E-state index >= 15 is 0 Å². The Morgan fingerprint density at radius 3 is 2.48 bits per heavy atom. The molecule has 1 aromatic heterocycles. The van der Waals surface area contributed by atoms with Gasteiger partial charge in [-0.05, 0) is 49.1 Å². The third-order valence-corrected chi connectivity index (χ3v) is 5.99. The van der Waals surface area contributed by atoms with Crippen molar-refractivity contribution in [1.82, 2.24) is 9.78 Å². The minimum absolute atomic E-state index is 0.00480. The Morgan fingerprint density at radius 2 is 1.68 bits per heavy atom. The van der Waals surface area contributed by atoms with Gasteiger partial charge in [-0.1, -0.05) is 36.4 Å². The number of fused-ring (bicyclic) bond motifs is 2. The van der Waals surface area contributed by atoms with Crippen molar-refractivity contribution in [3.05, 3.63) is 87.8 Å². The van der Waals surface area contributed by atoms with Crippen LogP contribution in [0.15, 0.2) is 65.5 Å². The number of aromatic nitrogens is 2. The largest absolute Gasteiger partial charge is 0.310 e. The molecule has 2 aromatic carbocycles. The Morgan fingerprint density at radius 1 is 0.968 bits per heavy atom. The molecule has 0 fully saturated rings. The molecule has 31 heavy (non-hydrogen) atoms. The van der Waals surface area contributed by atoms with Crippen molar-refractivity contribution in [1.29, 1.82) is 0 Å². The van der Waals surface area contributed by atoms with Gasteiger partial charge < -0.3 is 9.80 Å². The number of hydrogen-bond donors (Lipinski definition) is 0. The van der Waals surface area contributed by atoms with Gasteiger partial charge in [-0.2, -0.15) is 5.10 Å². The fraction of sp³-hybridized carbons (Fsp3) is 0.250. The lowest BCUT2D eigenvalue weighted by atomic mass is 10.1. The molecule has 7 heteroatoms. The lowest BCUT2D eigenvalue weighted by molar-refractivity contribution is -0.119. The van der Waals surface area contributed by atoms with Crippen LogP contribution in [0.2, 0.25) is 0 Å². The van der Waals surface area contributed by atoms with Gasteiger partial charge in [0.05, 0.1) is 0 Å². The predicted molar refractivity (Wildman–Crippen MR) is 117 cm³/mol. The van der Waals surface area contributed by atoms with E-state index in [-0.39, 0.29) is 30.1 Å². The number of carbonyl (C=O) groups is 2. The summed E-state index contributed by atoms with van der Waals surface area (Å²) in [6, 6.07) is 18.3. The van der Waals surface area contributed by atoms with Crippen LogP contribution in [-0.4, -0.2) is 34.2 Å². The van der Waals surface area contributed by atoms with Crippen LogP contribution in [0.5, 0.6) is 0 Å². The van der Waals surface area contributed by atoms with Crippen LogP contribution in [0, 0.1) is 0 Å². The van der Waals surface area contributed by atoms with Crippen molar-refractivity contribution < 1.29 is 9.59 Å². The van der Waals surface area contributed by atoms with E-state index in [1.165, 1.54) is 12.1 Å². The lowest BCUT2D eigenvalue weighted by Crippen LogP contribution is -2.39. The van der Waals surface area contributed by atoms with Crippen molar-refractivity contribution >= 4 is 23.2 Å². The van der Waals surface area contributed by atoms with Gasteiger partial charge in [-0.3, -0.25) is 14.4 Å². The van der Waals surface area contributed by atoms with E-state index in [2.05, 4.69) is 5.10 Å². The molecule has 0 bridgehead atoms. The van der Waals surface area contributed by atoms with Gasteiger partial charge in [0.2, 0.25) is 5.91 Å². The summed E-state index contributed by atoms with van der Waals surface area (Å²) >= 11 is 0. The summed E-state index contributed by atoms with van der Waals surface area (Å²) in [4.78, 5) is 41.9. The molecule has 0 spiro atoms. The minimum Gasteiger partial charge on any atom is -0.310 e. The molecule has 0 aliphatic carbocycles. The zero-order valence-corrected chi connectivity index (χ0v) is 17.2. The zero-order valence-electron chi connectivity index (χ0n) is 17.2. The summed E-state index contributed by atoms with van der Waals surface area (Å²) in [5, 5.41) is 4.26. The fourth-order valence-corrected chi connectivity index (χ4v) is 4.49. The van der Waals surface area contributed by atoms with E-state index in [0.29, 0.717) is 6.54 Å². The first-order chi connectivity index (χ1) is 15.0. The summed E-state index contributed by atoms with van der Waals surface area (Å²) in [7, 11) is 0. The minimum atomic E-state index is -0.410. The normalized spacial score (nSPS) is 16.9. The topological polar surface area (TPSA) is 75.5 Å². The van der Waals surface area contributed by atoms with Crippen LogP contribution >= 0.6 is 0 Å². The summed E-state index contributed by atoms with van der Waals surface area (Å²) in [5.41, 5.74) is 3.70. The molecule has 0 saturated carbocycles. The molecule has 2 aliphatic heterocycles. The second kappa shape index (κ2) is 7.50. The number of para-hydroxylation sites is 2. The molecule has 1 unspecified atom stereocenters. The summed E-state index contributed by atoms with van der Waals surface area (Å²) in [6.07, 6.45) is 1.56. The Hall–Kier alpha value is -3.74. The van der Waals surface area contributed by atoms with Crippen molar-refractivity contribution in [3.8, 4) is 0 Å². The highest BCUT2D eigenvalue weighted by molar-refractivity contribution is 6.06. The summed E-state index contributed by atoms with van der Waals surface area (Å²) in [6.45, 7) is 2.36. The first-order valence-electron chi connectivity index (χ1n) is 10.4. The van der Waals surface area contributed by atoms with Crippen LogP contribution in [0.1, 0.15) is 28.5 Å². The number of nitrogens with zero attached hydrogens (tertiary/aromatic N) is 4. The molecule has 2 aliphatic rings. The molecule has 0 N–H and O–H groups in total. The van der Waals surface area contributed by atoms with Gasteiger partial charge in [-0.15, -0.1) is 0 Å². The number of anilines is 2. The van der Waals surface area contributed by atoms with E-state index in [9.17, 15) is 14.4 Å². The number of rotatable bonds is 3. The van der Waals surface area contributed by atoms with Crippen LogP contribution in [0.25, 0.3) is 0 Å². The highest BCUT2D eigenvalue weighted by Crippen LogP contribution is 2.32. The fourth-order valence-electron chi connectivity index (χ4n) is 4.49. The average Bonchev–Trinajstić information content (AvgIpc) is 3.35. The SMILES string of the molecule is CC1Cc2ccccc2N1C(=O)c1ccc(=O)n(CC(=O)N2CCc3ccccc32)n1. The Bertz CT molecular complexity index is 1250. The maximum absolute atomic E-state index is 13.2. The van der Waals surface area contributed by atoms with Gasteiger partial charge in [0.15, 0.2) is 0 Å². The van der Waals surface area contributed by atoms with Crippen LogP contribution < -0.4 is 15.4 Å². The molecule has 3 heterocycles. The van der Waals surface area contributed by atoms with Crippen LogP contribution in [0.4, 0.5) is 11.4 Å². The standard InChI is InChI=1S/C24H22N4O3/c1-16-14-18-7-3-5-9-21(18)28(16)24(31)19-10-11-22(29)27(25-19)15-23(30)26-13-12-17-6-2-4-8-20(17)26/h2-11,16H,12-15H2,1H3. The molecule has 2 amide bonds. The molecule has 7 nitrogen and oxygen atoms in total. The lowest BCUT2D eigenvalue weighted by Gasteiger charge is -2.22. The number of hydrogen-bond acceptors (Lipinski definition) is 4. The first kappa shape index (κ1) is 19.2. The van der Waals surface area contributed by atoms with Crippen LogP contribution in [-0.2, 0) is 24.2 Å². The van der Waals surface area contributed by atoms with E-state index in [0.717, 1.165) is 40.0 Å². The molecular weight excluding hydrogens is 392 g/mol. The van der Waals surface area contributed by atoms with Crippen molar-refractivity contribution in [2.45, 2.75) is 32.4 Å². The highest BCUT2D eigenvalue weighted by Gasteiger charge is 2.32. The molecule has 0 radical (unpaired) electrons.